The van der Waals surface area contributed by atoms with Crippen molar-refractivity contribution in [1.82, 2.24) is 0 Å². The molecule has 0 radical (unpaired) electrons. The zero-order valence-corrected chi connectivity index (χ0v) is 12.2. The molecule has 0 unspecified atom stereocenters. The molecule has 7 heteroatoms. The Morgan fingerprint density at radius 3 is 1.84 bits per heavy atom. The van der Waals surface area contributed by atoms with E-state index in [9.17, 15) is 16.8 Å². The third kappa shape index (κ3) is 6.70. The lowest BCUT2D eigenvalue weighted by molar-refractivity contribution is 0.479. The lowest BCUT2D eigenvalue weighted by atomic mass is 10.2. The smallest absolute Gasteiger partial charge is 0.264 e. The zero-order chi connectivity index (χ0) is 14.4. The largest absolute Gasteiger partial charge is 0.286 e. The summed E-state index contributed by atoms with van der Waals surface area (Å²) in [5.41, 5.74) is 0. The molecular formula is C12H18O5S2. The van der Waals surface area contributed by atoms with E-state index in [2.05, 4.69) is 0 Å². The van der Waals surface area contributed by atoms with Gasteiger partial charge < -0.3 is 0 Å². The van der Waals surface area contributed by atoms with Gasteiger partial charge in [0.2, 0.25) is 0 Å². The highest BCUT2D eigenvalue weighted by atomic mass is 32.2. The van der Waals surface area contributed by atoms with E-state index in [1.807, 2.05) is 0 Å². The van der Waals surface area contributed by atoms with Crippen LogP contribution in [0.25, 0.3) is 0 Å². The second-order valence-corrected chi connectivity index (χ2v) is 8.01. The Morgan fingerprint density at radius 1 is 0.789 bits per heavy atom. The van der Waals surface area contributed by atoms with Crippen LogP contribution in [0.1, 0.15) is 25.7 Å². The van der Waals surface area contributed by atoms with E-state index in [1.165, 1.54) is 0 Å². The second-order valence-electron chi connectivity index (χ2n) is 4.33. The molecule has 0 aliphatic rings. The molecule has 0 fully saturated rings. The van der Waals surface area contributed by atoms with Crippen molar-refractivity contribution in [3.05, 3.63) is 30.3 Å². The zero-order valence-electron chi connectivity index (χ0n) is 10.5. The van der Waals surface area contributed by atoms with Crippen molar-refractivity contribution in [3.63, 3.8) is 0 Å². The number of unbranched alkanes of at least 4 members (excludes halogenated alkanes) is 3. The van der Waals surface area contributed by atoms with Gasteiger partial charge in [-0.1, -0.05) is 31.0 Å². The molecule has 1 rings (SSSR count). The molecule has 1 N–H and O–H groups in total. The van der Waals surface area contributed by atoms with Gasteiger partial charge in [0, 0.05) is 0 Å². The van der Waals surface area contributed by atoms with Gasteiger partial charge in [-0.05, 0) is 25.0 Å². The number of benzene rings is 1. The minimum atomic E-state index is -3.90. The fourth-order valence-corrected chi connectivity index (χ4v) is 3.64. The van der Waals surface area contributed by atoms with E-state index in [-0.39, 0.29) is 11.5 Å². The Balaban J connectivity index is 2.30. The molecule has 0 amide bonds. The van der Waals surface area contributed by atoms with Crippen LogP contribution in [0, 0.1) is 0 Å². The standard InChI is InChI=1S/C12H18O5S2/c13-18(14,12-8-4-3-5-9-12)10-6-1-2-7-11-19(15,16)17/h3-5,8-9H,1-2,6-7,10-11H2,(H,15,16,17). The molecule has 19 heavy (non-hydrogen) atoms. The average molecular weight is 306 g/mol. The Kier molecular flexibility index (Phi) is 5.96. The van der Waals surface area contributed by atoms with Crippen LogP contribution >= 0.6 is 0 Å². The van der Waals surface area contributed by atoms with Gasteiger partial charge in [0.25, 0.3) is 10.1 Å². The first-order valence-electron chi connectivity index (χ1n) is 6.04. The molecule has 0 aliphatic carbocycles. The van der Waals surface area contributed by atoms with Gasteiger partial charge in [-0.25, -0.2) is 8.42 Å². The summed E-state index contributed by atoms with van der Waals surface area (Å²) in [5.74, 6) is -0.207. The van der Waals surface area contributed by atoms with Crippen LogP contribution in [0.3, 0.4) is 0 Å². The highest BCUT2D eigenvalue weighted by Crippen LogP contribution is 2.13. The quantitative estimate of drug-likeness (QED) is 0.585. The van der Waals surface area contributed by atoms with Gasteiger partial charge in [-0.2, -0.15) is 8.42 Å². The van der Waals surface area contributed by atoms with Gasteiger partial charge in [-0.15, -0.1) is 0 Å². The first-order valence-corrected chi connectivity index (χ1v) is 9.30. The summed E-state index contributed by atoms with van der Waals surface area (Å²) in [4.78, 5) is 0.313. The van der Waals surface area contributed by atoms with Crippen LogP contribution < -0.4 is 0 Å². The third-order valence-corrected chi connectivity index (χ3v) is 5.29. The Morgan fingerprint density at radius 2 is 1.32 bits per heavy atom. The van der Waals surface area contributed by atoms with Gasteiger partial charge in [0.15, 0.2) is 9.84 Å². The summed E-state index contributed by atoms with van der Waals surface area (Å²) in [6.45, 7) is 0. The first kappa shape index (κ1) is 16.1. The first-order chi connectivity index (χ1) is 8.81. The molecular weight excluding hydrogens is 288 g/mol. The molecule has 5 nitrogen and oxygen atoms in total. The van der Waals surface area contributed by atoms with Crippen LogP contribution in [0.5, 0.6) is 0 Å². The molecule has 0 bridgehead atoms. The van der Waals surface area contributed by atoms with Crippen LogP contribution in [0.4, 0.5) is 0 Å². The van der Waals surface area contributed by atoms with Crippen molar-refractivity contribution < 1.29 is 21.4 Å². The third-order valence-electron chi connectivity index (χ3n) is 2.67. The molecule has 0 spiro atoms. The van der Waals surface area contributed by atoms with Crippen molar-refractivity contribution in [1.29, 1.82) is 0 Å². The van der Waals surface area contributed by atoms with E-state index in [0.29, 0.717) is 30.6 Å². The molecule has 1 aromatic carbocycles. The Labute approximate surface area is 114 Å². The highest BCUT2D eigenvalue weighted by Gasteiger charge is 2.13. The molecule has 1 aromatic rings. The van der Waals surface area contributed by atoms with Crippen molar-refractivity contribution >= 4 is 20.0 Å². The van der Waals surface area contributed by atoms with E-state index < -0.39 is 20.0 Å². The number of rotatable bonds is 8. The number of sulfone groups is 1. The average Bonchev–Trinajstić information content (AvgIpc) is 2.33. The van der Waals surface area contributed by atoms with Crippen LogP contribution in [0.15, 0.2) is 35.2 Å². The summed E-state index contributed by atoms with van der Waals surface area (Å²) in [5, 5.41) is 0. The lowest BCUT2D eigenvalue weighted by Crippen LogP contribution is -2.07. The van der Waals surface area contributed by atoms with Gasteiger partial charge in [0.1, 0.15) is 0 Å². The summed E-state index contributed by atoms with van der Waals surface area (Å²) in [7, 11) is -7.14. The molecule has 0 aliphatic heterocycles. The van der Waals surface area contributed by atoms with Crippen molar-refractivity contribution in [2.45, 2.75) is 30.6 Å². The fraction of sp³-hybridized carbons (Fsp3) is 0.500. The SMILES string of the molecule is O=S(=O)(O)CCCCCCS(=O)(=O)c1ccccc1. The molecule has 0 heterocycles. The highest BCUT2D eigenvalue weighted by molar-refractivity contribution is 7.91. The summed E-state index contributed by atoms with van der Waals surface area (Å²) >= 11 is 0. The van der Waals surface area contributed by atoms with Crippen molar-refractivity contribution in [3.8, 4) is 0 Å². The summed E-state index contributed by atoms with van der Waals surface area (Å²) in [6.07, 6.45) is 2.05. The predicted molar refractivity (Wildman–Crippen MR) is 73.4 cm³/mol. The normalized spacial score (nSPS) is 12.5. The van der Waals surface area contributed by atoms with E-state index in [0.717, 1.165) is 0 Å². The maximum absolute atomic E-state index is 11.9. The van der Waals surface area contributed by atoms with E-state index in [1.54, 1.807) is 30.3 Å². The Hall–Kier alpha value is -0.920. The molecule has 0 saturated carbocycles. The van der Waals surface area contributed by atoms with Crippen LogP contribution in [-0.4, -0.2) is 32.9 Å². The molecule has 108 valence electrons. The van der Waals surface area contributed by atoms with E-state index in [4.69, 9.17) is 4.55 Å². The molecule has 0 atom stereocenters. The summed E-state index contributed by atoms with van der Waals surface area (Å²) in [6, 6.07) is 8.24. The fourth-order valence-electron chi connectivity index (χ4n) is 1.68. The van der Waals surface area contributed by atoms with Crippen molar-refractivity contribution in [2.75, 3.05) is 11.5 Å². The minimum absolute atomic E-state index is 0.0584. The van der Waals surface area contributed by atoms with Crippen LogP contribution in [-0.2, 0) is 20.0 Å². The Bertz CT molecular complexity index is 576. The van der Waals surface area contributed by atoms with Crippen LogP contribution in [0.2, 0.25) is 0 Å². The lowest BCUT2D eigenvalue weighted by Gasteiger charge is -2.04. The van der Waals surface area contributed by atoms with Gasteiger partial charge in [-0.3, -0.25) is 4.55 Å². The predicted octanol–water partition coefficient (Wildman–Crippen LogP) is 1.91. The minimum Gasteiger partial charge on any atom is -0.286 e. The van der Waals surface area contributed by atoms with Gasteiger partial charge in [0.05, 0.1) is 16.4 Å². The maximum Gasteiger partial charge on any atom is 0.264 e. The summed E-state index contributed by atoms with van der Waals surface area (Å²) < 4.78 is 53.2. The number of hydrogen-bond acceptors (Lipinski definition) is 4. The topological polar surface area (TPSA) is 88.5 Å². The van der Waals surface area contributed by atoms with Crippen molar-refractivity contribution in [2.24, 2.45) is 0 Å². The molecule has 0 aromatic heterocycles. The monoisotopic (exact) mass is 306 g/mol. The maximum atomic E-state index is 11.9. The second kappa shape index (κ2) is 7.02. The number of hydrogen-bond donors (Lipinski definition) is 1. The van der Waals surface area contributed by atoms with E-state index >= 15 is 0 Å². The van der Waals surface area contributed by atoms with Gasteiger partial charge >= 0.3 is 0 Å². The molecule has 0 saturated heterocycles.